The number of hydrogen-bond donors (Lipinski definition) is 1. The quantitative estimate of drug-likeness (QED) is 0.518. The van der Waals surface area contributed by atoms with Crippen molar-refractivity contribution in [3.05, 3.63) is 59.6 Å². The number of halogens is 1. The van der Waals surface area contributed by atoms with Crippen LogP contribution in [0.15, 0.2) is 64.5 Å². The van der Waals surface area contributed by atoms with E-state index in [4.69, 9.17) is 0 Å². The second-order valence-corrected chi connectivity index (χ2v) is 8.32. The van der Waals surface area contributed by atoms with Crippen molar-refractivity contribution in [3.8, 4) is 11.3 Å². The average Bonchev–Trinajstić information content (AvgIpc) is 3.07. The van der Waals surface area contributed by atoms with Gasteiger partial charge in [-0.05, 0) is 24.3 Å². The predicted molar refractivity (Wildman–Crippen MR) is 104 cm³/mol. The molecule has 4 aromatic rings. The van der Waals surface area contributed by atoms with Crippen molar-refractivity contribution >= 4 is 42.8 Å². The van der Waals surface area contributed by atoms with Crippen LogP contribution in [0.1, 0.15) is 0 Å². The van der Waals surface area contributed by atoms with E-state index in [1.165, 1.54) is 12.3 Å². The van der Waals surface area contributed by atoms with Crippen molar-refractivity contribution in [1.82, 2.24) is 24.7 Å². The topological polar surface area (TPSA) is 103 Å². The summed E-state index contributed by atoms with van der Waals surface area (Å²) in [5.74, 6) is -0.0274. The molecule has 0 unspecified atom stereocenters. The van der Waals surface area contributed by atoms with Gasteiger partial charge in [-0.1, -0.05) is 22.0 Å². The Morgan fingerprint density at radius 2 is 2.00 bits per heavy atom. The number of aryl methyl sites for hydroxylation is 1. The first-order valence-corrected chi connectivity index (χ1v) is 10.1. The maximum Gasteiger partial charge on any atom is 0.266 e. The van der Waals surface area contributed by atoms with Gasteiger partial charge < -0.3 is 0 Å². The molecule has 136 valence electrons. The van der Waals surface area contributed by atoms with Gasteiger partial charge in [-0.25, -0.2) is 23.1 Å². The zero-order valence-corrected chi connectivity index (χ0v) is 16.4. The van der Waals surface area contributed by atoms with Gasteiger partial charge in [0.25, 0.3) is 10.0 Å². The second kappa shape index (κ2) is 6.71. The van der Waals surface area contributed by atoms with Crippen LogP contribution in [0.25, 0.3) is 22.2 Å². The average molecular weight is 445 g/mol. The smallest absolute Gasteiger partial charge is 0.266 e. The first-order chi connectivity index (χ1) is 12.9. The molecule has 0 atom stereocenters. The fourth-order valence-corrected chi connectivity index (χ4v) is 4.41. The second-order valence-electron chi connectivity index (χ2n) is 5.75. The summed E-state index contributed by atoms with van der Waals surface area (Å²) in [6.45, 7) is 0. The van der Waals surface area contributed by atoms with Crippen molar-refractivity contribution in [3.63, 3.8) is 0 Å². The number of benzene rings is 1. The number of aromatic nitrogens is 5. The van der Waals surface area contributed by atoms with Gasteiger partial charge in [0.05, 0.1) is 17.4 Å². The summed E-state index contributed by atoms with van der Waals surface area (Å²) >= 11 is 3.35. The minimum Gasteiger partial charge on any atom is -0.275 e. The molecular formula is C17H13BrN6O2S. The normalized spacial score (nSPS) is 11.6. The highest BCUT2D eigenvalue weighted by atomic mass is 79.9. The van der Waals surface area contributed by atoms with E-state index in [-0.39, 0.29) is 10.8 Å². The molecule has 27 heavy (non-hydrogen) atoms. The number of rotatable bonds is 4. The molecule has 0 saturated heterocycles. The van der Waals surface area contributed by atoms with E-state index in [0.717, 1.165) is 5.56 Å². The van der Waals surface area contributed by atoms with Crippen molar-refractivity contribution in [1.29, 1.82) is 0 Å². The molecule has 8 nitrogen and oxygen atoms in total. The van der Waals surface area contributed by atoms with Crippen molar-refractivity contribution in [2.45, 2.75) is 4.90 Å². The van der Waals surface area contributed by atoms with Crippen LogP contribution in [0.2, 0.25) is 0 Å². The molecule has 0 aliphatic carbocycles. The first kappa shape index (κ1) is 17.6. The van der Waals surface area contributed by atoms with Crippen molar-refractivity contribution in [2.24, 2.45) is 7.05 Å². The minimum atomic E-state index is -3.94. The monoisotopic (exact) mass is 444 g/mol. The highest BCUT2D eigenvalue weighted by Gasteiger charge is 2.21. The Bertz CT molecular complexity index is 1260. The summed E-state index contributed by atoms with van der Waals surface area (Å²) < 4.78 is 30.6. The number of nitrogens with zero attached hydrogens (tertiary/aromatic N) is 5. The Morgan fingerprint density at radius 1 is 1.15 bits per heavy atom. The summed E-state index contributed by atoms with van der Waals surface area (Å²) in [5, 5.41) is 4.80. The lowest BCUT2D eigenvalue weighted by Crippen LogP contribution is -2.16. The maximum absolute atomic E-state index is 13.0. The van der Waals surface area contributed by atoms with E-state index in [1.807, 2.05) is 0 Å². The molecule has 1 aromatic carbocycles. The molecule has 1 N–H and O–H groups in total. The Balaban J connectivity index is 1.75. The van der Waals surface area contributed by atoms with Crippen LogP contribution in [0.5, 0.6) is 0 Å². The van der Waals surface area contributed by atoms with Gasteiger partial charge in [0, 0.05) is 41.1 Å². The van der Waals surface area contributed by atoms with Gasteiger partial charge in [0.1, 0.15) is 4.90 Å². The van der Waals surface area contributed by atoms with Crippen LogP contribution in [-0.2, 0) is 17.1 Å². The number of fused-ring (bicyclic) bond motifs is 1. The highest BCUT2D eigenvalue weighted by molar-refractivity contribution is 9.10. The van der Waals surface area contributed by atoms with E-state index < -0.39 is 10.0 Å². The molecule has 0 radical (unpaired) electrons. The molecule has 10 heteroatoms. The van der Waals surface area contributed by atoms with Crippen molar-refractivity contribution in [2.75, 3.05) is 4.72 Å². The first-order valence-electron chi connectivity index (χ1n) is 7.81. The van der Waals surface area contributed by atoms with E-state index in [0.29, 0.717) is 21.1 Å². The molecule has 3 heterocycles. The molecule has 0 fully saturated rings. The Morgan fingerprint density at radius 3 is 2.78 bits per heavy atom. The third kappa shape index (κ3) is 3.53. The predicted octanol–water partition coefficient (Wildman–Crippen LogP) is 2.99. The Labute approximate surface area is 163 Å². The van der Waals surface area contributed by atoms with E-state index in [2.05, 4.69) is 40.7 Å². The van der Waals surface area contributed by atoms with E-state index >= 15 is 0 Å². The number of nitrogens with one attached hydrogen (secondary N) is 1. The summed E-state index contributed by atoms with van der Waals surface area (Å²) in [5.41, 5.74) is 1.69. The van der Waals surface area contributed by atoms with Crippen molar-refractivity contribution < 1.29 is 8.42 Å². The fourth-order valence-electron chi connectivity index (χ4n) is 2.63. The standard InChI is InChI=1S/C17H13BrN6O2S/c1-24-10-12(9-21-24)14-4-6-20-17(22-14)23-27(25,26)15-8-13(18)7-11-3-2-5-19-16(11)15/h2-10H,1H3,(H,20,22,23). The molecule has 0 saturated carbocycles. The SMILES string of the molecule is Cn1cc(-c2ccnc(NS(=O)(=O)c3cc(Br)cc4cccnc34)n2)cn1. The zero-order valence-electron chi connectivity index (χ0n) is 14.0. The molecule has 0 spiro atoms. The van der Waals surface area contributed by atoms with Crippen LogP contribution in [0.3, 0.4) is 0 Å². The number of pyridine rings is 1. The van der Waals surface area contributed by atoms with Crippen LogP contribution in [0.4, 0.5) is 5.95 Å². The third-order valence-corrected chi connectivity index (χ3v) is 5.61. The van der Waals surface area contributed by atoms with E-state index in [9.17, 15) is 8.42 Å². The summed E-state index contributed by atoms with van der Waals surface area (Å²) in [4.78, 5) is 12.6. The van der Waals surface area contributed by atoms with Crippen LogP contribution in [-0.4, -0.2) is 33.2 Å². The highest BCUT2D eigenvalue weighted by Crippen LogP contribution is 2.27. The third-order valence-electron chi connectivity index (χ3n) is 3.81. The Kier molecular flexibility index (Phi) is 4.36. The molecular weight excluding hydrogens is 432 g/mol. The number of anilines is 1. The zero-order chi connectivity index (χ0) is 19.0. The van der Waals surface area contributed by atoms with Gasteiger partial charge >= 0.3 is 0 Å². The summed E-state index contributed by atoms with van der Waals surface area (Å²) in [6, 6.07) is 8.54. The van der Waals surface area contributed by atoms with Crippen LogP contribution in [0, 0.1) is 0 Å². The van der Waals surface area contributed by atoms with Crippen LogP contribution < -0.4 is 4.72 Å². The van der Waals surface area contributed by atoms with Gasteiger partial charge in [0.15, 0.2) is 0 Å². The van der Waals surface area contributed by atoms with Gasteiger partial charge in [-0.3, -0.25) is 9.67 Å². The van der Waals surface area contributed by atoms with Gasteiger partial charge in [-0.2, -0.15) is 5.10 Å². The largest absolute Gasteiger partial charge is 0.275 e. The number of sulfonamides is 1. The minimum absolute atomic E-state index is 0.0274. The Hall–Kier alpha value is -2.85. The lowest BCUT2D eigenvalue weighted by atomic mass is 10.2. The summed E-state index contributed by atoms with van der Waals surface area (Å²) in [7, 11) is -2.15. The molecule has 4 rings (SSSR count). The van der Waals surface area contributed by atoms with Gasteiger partial charge in [0.2, 0.25) is 5.95 Å². The van der Waals surface area contributed by atoms with Gasteiger partial charge in [-0.15, -0.1) is 0 Å². The lowest BCUT2D eigenvalue weighted by Gasteiger charge is -2.10. The van der Waals surface area contributed by atoms with Crippen LogP contribution >= 0.6 is 15.9 Å². The molecule has 0 aliphatic rings. The molecule has 0 aliphatic heterocycles. The molecule has 0 amide bonds. The van der Waals surface area contributed by atoms with E-state index in [1.54, 1.807) is 54.6 Å². The summed E-state index contributed by atoms with van der Waals surface area (Å²) in [6.07, 6.45) is 6.47. The lowest BCUT2D eigenvalue weighted by molar-refractivity contribution is 0.601. The fraction of sp³-hybridized carbons (Fsp3) is 0.0588. The molecule has 3 aromatic heterocycles. The maximum atomic E-state index is 13.0. The number of hydrogen-bond acceptors (Lipinski definition) is 6. The molecule has 0 bridgehead atoms.